The Kier molecular flexibility index (Phi) is 8.40. The second-order valence-electron chi connectivity index (χ2n) is 8.86. The molecule has 0 radical (unpaired) electrons. The highest BCUT2D eigenvalue weighted by atomic mass is 16.5. The van der Waals surface area contributed by atoms with E-state index < -0.39 is 0 Å². The number of carbonyl (C=O) groups excluding carboxylic acids is 1. The summed E-state index contributed by atoms with van der Waals surface area (Å²) < 4.78 is 5.06. The molecule has 0 saturated heterocycles. The molecule has 1 aromatic heterocycles. The van der Waals surface area contributed by atoms with Crippen LogP contribution in [0.15, 0.2) is 24.3 Å². The Hall–Kier alpha value is -1.77. The van der Waals surface area contributed by atoms with Gasteiger partial charge in [0.25, 0.3) is 0 Å². The molecule has 0 aliphatic rings. The Morgan fingerprint density at radius 2 is 1.63 bits per heavy atom. The molecule has 3 nitrogen and oxygen atoms in total. The normalized spacial score (nSPS) is 11.9. The maximum absolute atomic E-state index is 11.8. The fourth-order valence-corrected chi connectivity index (χ4v) is 3.52. The summed E-state index contributed by atoms with van der Waals surface area (Å²) in [5, 5.41) is 1.07. The van der Waals surface area contributed by atoms with E-state index >= 15 is 0 Å². The monoisotopic (exact) mass is 371 g/mol. The van der Waals surface area contributed by atoms with Crippen LogP contribution >= 0.6 is 0 Å². The van der Waals surface area contributed by atoms with Crippen LogP contribution in [0.3, 0.4) is 0 Å². The molecule has 1 N–H and O–H groups in total. The Morgan fingerprint density at radius 3 is 2.30 bits per heavy atom. The number of aromatic nitrogens is 1. The van der Waals surface area contributed by atoms with Crippen molar-refractivity contribution in [2.75, 3.05) is 6.61 Å². The molecule has 1 heterocycles. The molecule has 0 atom stereocenters. The quantitative estimate of drug-likeness (QED) is 0.339. The van der Waals surface area contributed by atoms with Crippen LogP contribution in [-0.4, -0.2) is 17.6 Å². The van der Waals surface area contributed by atoms with Crippen molar-refractivity contribution in [1.29, 1.82) is 0 Å². The summed E-state index contributed by atoms with van der Waals surface area (Å²) in [6, 6.07) is 8.32. The van der Waals surface area contributed by atoms with Crippen molar-refractivity contribution < 1.29 is 9.53 Å². The fourth-order valence-electron chi connectivity index (χ4n) is 3.52. The number of unbranched alkanes of at least 4 members (excludes halogenated alkanes) is 6. The number of benzene rings is 1. The molecule has 2 aromatic rings. The number of aryl methyl sites for hydroxylation is 1. The second kappa shape index (κ2) is 10.5. The molecular weight excluding hydrogens is 334 g/mol. The molecule has 0 aliphatic heterocycles. The van der Waals surface area contributed by atoms with Crippen molar-refractivity contribution in [3.63, 3.8) is 0 Å². The van der Waals surface area contributed by atoms with Crippen LogP contribution in [0.4, 0.5) is 0 Å². The van der Waals surface area contributed by atoms with E-state index in [-0.39, 0.29) is 5.97 Å². The van der Waals surface area contributed by atoms with E-state index in [1.807, 2.05) is 13.0 Å². The van der Waals surface area contributed by atoms with Gasteiger partial charge in [0.15, 0.2) is 0 Å². The lowest BCUT2D eigenvalue weighted by atomic mass is 9.89. The van der Waals surface area contributed by atoms with Crippen LogP contribution in [0.5, 0.6) is 0 Å². The molecule has 2 rings (SSSR count). The van der Waals surface area contributed by atoms with Gasteiger partial charge in [0.2, 0.25) is 0 Å². The van der Waals surface area contributed by atoms with Gasteiger partial charge in [-0.3, -0.25) is 0 Å². The van der Waals surface area contributed by atoms with Crippen molar-refractivity contribution in [3.05, 3.63) is 35.5 Å². The number of hydrogen-bond donors (Lipinski definition) is 1. The summed E-state index contributed by atoms with van der Waals surface area (Å²) in [6.45, 7) is 9.21. The van der Waals surface area contributed by atoms with Crippen LogP contribution in [0.1, 0.15) is 95.1 Å². The van der Waals surface area contributed by atoms with E-state index in [0.29, 0.717) is 17.7 Å². The van der Waals surface area contributed by atoms with Gasteiger partial charge in [0.05, 0.1) is 6.61 Å². The smallest absolute Gasteiger partial charge is 0.354 e. The SMILES string of the molecule is CCOC(=O)c1cc2ccc(CCCCCCCCCC(C)(C)C)cc2[nH]1. The number of H-pyrrole nitrogens is 1. The summed E-state index contributed by atoms with van der Waals surface area (Å²) in [7, 11) is 0. The molecule has 0 fully saturated rings. The summed E-state index contributed by atoms with van der Waals surface area (Å²) in [6.07, 6.45) is 11.8. The van der Waals surface area contributed by atoms with Gasteiger partial charge in [0.1, 0.15) is 5.69 Å². The number of nitrogens with one attached hydrogen (secondary N) is 1. The average molecular weight is 372 g/mol. The third-order valence-corrected chi connectivity index (χ3v) is 5.07. The van der Waals surface area contributed by atoms with Crippen LogP contribution in [0.2, 0.25) is 0 Å². The van der Waals surface area contributed by atoms with Gasteiger partial charge in [-0.25, -0.2) is 4.79 Å². The molecule has 0 unspecified atom stereocenters. The topological polar surface area (TPSA) is 42.1 Å². The van der Waals surface area contributed by atoms with Crippen LogP contribution in [-0.2, 0) is 11.2 Å². The number of ether oxygens (including phenoxy) is 1. The average Bonchev–Trinajstić information content (AvgIpc) is 3.03. The first-order valence-electron chi connectivity index (χ1n) is 10.7. The largest absolute Gasteiger partial charge is 0.461 e. The van der Waals surface area contributed by atoms with Crippen LogP contribution in [0, 0.1) is 5.41 Å². The summed E-state index contributed by atoms with van der Waals surface area (Å²) in [5.74, 6) is -0.280. The standard InChI is InChI=1S/C24H37NO2/c1-5-27-23(26)22-18-20-15-14-19(17-21(20)25-22)13-11-9-7-6-8-10-12-16-24(2,3)4/h14-15,17-18,25H,5-13,16H2,1-4H3. The third kappa shape index (κ3) is 7.78. The van der Waals surface area contributed by atoms with Gasteiger partial charge < -0.3 is 9.72 Å². The lowest BCUT2D eigenvalue weighted by Gasteiger charge is -2.17. The Morgan fingerprint density at radius 1 is 0.963 bits per heavy atom. The summed E-state index contributed by atoms with van der Waals surface area (Å²) >= 11 is 0. The number of aromatic amines is 1. The number of hydrogen-bond acceptors (Lipinski definition) is 2. The predicted molar refractivity (Wildman–Crippen MR) is 114 cm³/mol. The molecule has 0 amide bonds. The fraction of sp³-hybridized carbons (Fsp3) is 0.625. The van der Waals surface area contributed by atoms with Crippen molar-refractivity contribution in [2.24, 2.45) is 5.41 Å². The third-order valence-electron chi connectivity index (χ3n) is 5.07. The molecule has 0 aliphatic carbocycles. The lowest BCUT2D eigenvalue weighted by Crippen LogP contribution is -2.04. The Bertz CT molecular complexity index is 709. The molecule has 0 bridgehead atoms. The molecule has 0 saturated carbocycles. The molecule has 0 spiro atoms. The number of fused-ring (bicyclic) bond motifs is 1. The molecular formula is C24H37NO2. The zero-order chi connectivity index (χ0) is 19.7. The first-order chi connectivity index (χ1) is 12.9. The highest BCUT2D eigenvalue weighted by Gasteiger charge is 2.10. The zero-order valence-corrected chi connectivity index (χ0v) is 17.7. The zero-order valence-electron chi connectivity index (χ0n) is 17.7. The van der Waals surface area contributed by atoms with Crippen molar-refractivity contribution in [3.8, 4) is 0 Å². The Labute approximate surface area is 164 Å². The maximum atomic E-state index is 11.8. The van der Waals surface area contributed by atoms with Gasteiger partial charge in [-0.1, -0.05) is 71.4 Å². The van der Waals surface area contributed by atoms with E-state index in [4.69, 9.17) is 4.74 Å². The minimum Gasteiger partial charge on any atom is -0.461 e. The van der Waals surface area contributed by atoms with E-state index in [2.05, 4.69) is 44.0 Å². The minimum absolute atomic E-state index is 0.280. The summed E-state index contributed by atoms with van der Waals surface area (Å²) in [4.78, 5) is 15.0. The molecule has 1 aromatic carbocycles. The van der Waals surface area contributed by atoms with E-state index in [1.165, 1.54) is 56.9 Å². The van der Waals surface area contributed by atoms with Gasteiger partial charge in [-0.05, 0) is 49.3 Å². The van der Waals surface area contributed by atoms with Gasteiger partial charge in [-0.15, -0.1) is 0 Å². The number of esters is 1. The second-order valence-corrected chi connectivity index (χ2v) is 8.86. The van der Waals surface area contributed by atoms with Gasteiger partial charge in [0, 0.05) is 10.9 Å². The molecule has 150 valence electrons. The van der Waals surface area contributed by atoms with Crippen molar-refractivity contribution in [1.82, 2.24) is 4.98 Å². The molecule has 3 heteroatoms. The van der Waals surface area contributed by atoms with Crippen molar-refractivity contribution >= 4 is 16.9 Å². The van der Waals surface area contributed by atoms with Crippen molar-refractivity contribution in [2.45, 2.75) is 85.5 Å². The predicted octanol–water partition coefficient (Wildman–Crippen LogP) is 7.05. The van der Waals surface area contributed by atoms with Crippen LogP contribution in [0.25, 0.3) is 10.9 Å². The maximum Gasteiger partial charge on any atom is 0.354 e. The minimum atomic E-state index is -0.280. The lowest BCUT2D eigenvalue weighted by molar-refractivity contribution is 0.0520. The van der Waals surface area contributed by atoms with E-state index in [9.17, 15) is 4.79 Å². The van der Waals surface area contributed by atoms with E-state index in [1.54, 1.807) is 0 Å². The van der Waals surface area contributed by atoms with Gasteiger partial charge in [-0.2, -0.15) is 0 Å². The first kappa shape index (κ1) is 21.5. The summed E-state index contributed by atoms with van der Waals surface area (Å²) in [5.41, 5.74) is 3.38. The van der Waals surface area contributed by atoms with Gasteiger partial charge >= 0.3 is 5.97 Å². The highest BCUT2D eigenvalue weighted by molar-refractivity contribution is 5.94. The Balaban J connectivity index is 1.66. The van der Waals surface area contributed by atoms with E-state index in [0.717, 1.165) is 17.3 Å². The molecule has 27 heavy (non-hydrogen) atoms. The first-order valence-corrected chi connectivity index (χ1v) is 10.7. The number of rotatable bonds is 11. The van der Waals surface area contributed by atoms with Crippen LogP contribution < -0.4 is 0 Å². The highest BCUT2D eigenvalue weighted by Crippen LogP contribution is 2.23. The number of carbonyl (C=O) groups is 1.